The smallest absolute Gasteiger partial charge is 0.252 e. The number of nitrogens with one attached hydrogen (secondary N) is 1. The summed E-state index contributed by atoms with van der Waals surface area (Å²) >= 11 is 15.2. The van der Waals surface area contributed by atoms with Gasteiger partial charge < -0.3 is 5.32 Å². The fourth-order valence-corrected chi connectivity index (χ4v) is 7.41. The summed E-state index contributed by atoms with van der Waals surface area (Å²) in [4.78, 5) is 12.5. The number of nitrogens with zero attached hydrogens (tertiary/aromatic N) is 1. The molecule has 1 fully saturated rings. The van der Waals surface area contributed by atoms with E-state index in [1.54, 1.807) is 29.3 Å². The van der Waals surface area contributed by atoms with E-state index in [-0.39, 0.29) is 18.4 Å². The zero-order valence-electron chi connectivity index (χ0n) is 15.6. The molecule has 1 aliphatic heterocycles. The van der Waals surface area contributed by atoms with E-state index in [1.807, 2.05) is 18.2 Å². The highest BCUT2D eigenvalue weighted by Gasteiger charge is 2.33. The lowest BCUT2D eigenvalue weighted by Crippen LogP contribution is -2.45. The minimum Gasteiger partial charge on any atom is -0.355 e. The zero-order chi connectivity index (χ0) is 20.9. The van der Waals surface area contributed by atoms with Crippen molar-refractivity contribution in [3.63, 3.8) is 0 Å². The minimum absolute atomic E-state index is 0.0903. The number of rotatable bonds is 8. The molecule has 1 atom stereocenters. The topological polar surface area (TPSA) is 66.5 Å². The maximum absolute atomic E-state index is 12.7. The van der Waals surface area contributed by atoms with Gasteiger partial charge >= 0.3 is 0 Å². The second-order valence-electron chi connectivity index (χ2n) is 6.68. The standard InChI is InChI=1S/C19H22Cl2N2O3S3/c20-16-5-1-6-17(21)15(16)13-27-11-8-22-19(24)14-4-2-9-23(12-14)29(25,26)18-7-3-10-28-18/h1,3,5-7,10,14H,2,4,8-9,11-13H2,(H,22,24)/t14-/m1/s1. The van der Waals surface area contributed by atoms with Gasteiger partial charge in [-0.3, -0.25) is 4.79 Å². The molecule has 0 spiro atoms. The van der Waals surface area contributed by atoms with Crippen molar-refractivity contribution in [3.8, 4) is 0 Å². The Morgan fingerprint density at radius 1 is 1.24 bits per heavy atom. The Morgan fingerprint density at radius 2 is 2.00 bits per heavy atom. The van der Waals surface area contributed by atoms with Crippen LogP contribution in [0.1, 0.15) is 18.4 Å². The molecule has 1 amide bonds. The molecular formula is C19H22Cl2N2O3S3. The Labute approximate surface area is 189 Å². The molecule has 0 aliphatic carbocycles. The highest BCUT2D eigenvalue weighted by Crippen LogP contribution is 2.28. The van der Waals surface area contributed by atoms with Crippen molar-refractivity contribution in [3.05, 3.63) is 51.3 Å². The van der Waals surface area contributed by atoms with Crippen LogP contribution in [-0.4, -0.2) is 44.0 Å². The highest BCUT2D eigenvalue weighted by atomic mass is 35.5. The normalized spacial score (nSPS) is 17.9. The number of sulfonamides is 1. The lowest BCUT2D eigenvalue weighted by atomic mass is 9.99. The minimum atomic E-state index is -3.51. The van der Waals surface area contributed by atoms with Crippen LogP contribution in [0.25, 0.3) is 0 Å². The van der Waals surface area contributed by atoms with Crippen LogP contribution < -0.4 is 5.32 Å². The van der Waals surface area contributed by atoms with Crippen molar-refractivity contribution in [2.75, 3.05) is 25.4 Å². The average molecular weight is 494 g/mol. The van der Waals surface area contributed by atoms with Crippen LogP contribution in [0.2, 0.25) is 10.0 Å². The Morgan fingerprint density at radius 3 is 2.69 bits per heavy atom. The van der Waals surface area contributed by atoms with Crippen molar-refractivity contribution in [2.45, 2.75) is 22.8 Å². The van der Waals surface area contributed by atoms with Crippen LogP contribution in [-0.2, 0) is 20.6 Å². The Balaban J connectivity index is 1.45. The number of piperidine rings is 1. The second-order valence-corrected chi connectivity index (χ2v) is 11.7. The Kier molecular flexibility index (Phi) is 8.30. The molecule has 158 valence electrons. The van der Waals surface area contributed by atoms with Gasteiger partial charge in [0.25, 0.3) is 10.0 Å². The maximum Gasteiger partial charge on any atom is 0.252 e. The number of thioether (sulfide) groups is 1. The monoisotopic (exact) mass is 492 g/mol. The van der Waals surface area contributed by atoms with E-state index in [1.165, 1.54) is 15.6 Å². The maximum atomic E-state index is 12.7. The molecule has 2 heterocycles. The van der Waals surface area contributed by atoms with Gasteiger partial charge in [0.05, 0.1) is 5.92 Å². The third-order valence-electron chi connectivity index (χ3n) is 4.70. The SMILES string of the molecule is O=C(NCCSCc1c(Cl)cccc1Cl)[C@@H]1CCCN(S(=O)(=O)c2cccs2)C1. The van der Waals surface area contributed by atoms with Crippen molar-refractivity contribution in [1.82, 2.24) is 9.62 Å². The Bertz CT molecular complexity index is 916. The summed E-state index contributed by atoms with van der Waals surface area (Å²) in [5.74, 6) is 0.982. The first-order valence-corrected chi connectivity index (χ1v) is 13.4. The van der Waals surface area contributed by atoms with Crippen LogP contribution in [0.5, 0.6) is 0 Å². The summed E-state index contributed by atoms with van der Waals surface area (Å²) in [6, 6.07) is 8.75. The van der Waals surface area contributed by atoms with Gasteiger partial charge in [0.1, 0.15) is 4.21 Å². The largest absolute Gasteiger partial charge is 0.355 e. The average Bonchev–Trinajstić information content (AvgIpc) is 3.25. The van der Waals surface area contributed by atoms with E-state index in [2.05, 4.69) is 5.32 Å². The molecule has 1 aromatic carbocycles. The van der Waals surface area contributed by atoms with Gasteiger partial charge in [0.2, 0.25) is 5.91 Å². The molecule has 10 heteroatoms. The number of hydrogen-bond acceptors (Lipinski definition) is 5. The van der Waals surface area contributed by atoms with Crippen molar-refractivity contribution in [1.29, 1.82) is 0 Å². The third-order valence-corrected chi connectivity index (χ3v) is 9.63. The lowest BCUT2D eigenvalue weighted by molar-refractivity contribution is -0.125. The molecule has 5 nitrogen and oxygen atoms in total. The molecule has 0 saturated carbocycles. The van der Waals surface area contributed by atoms with Crippen LogP contribution >= 0.6 is 46.3 Å². The van der Waals surface area contributed by atoms with E-state index >= 15 is 0 Å². The Hall–Kier alpha value is -0.770. The van der Waals surface area contributed by atoms with Gasteiger partial charge in [-0.15, -0.1) is 11.3 Å². The predicted octanol–water partition coefficient (Wildman–Crippen LogP) is 4.51. The van der Waals surface area contributed by atoms with Gasteiger partial charge in [0.15, 0.2) is 0 Å². The molecule has 1 aliphatic rings. The lowest BCUT2D eigenvalue weighted by Gasteiger charge is -2.30. The van der Waals surface area contributed by atoms with Gasteiger partial charge in [-0.05, 0) is 42.0 Å². The van der Waals surface area contributed by atoms with Crippen molar-refractivity contribution < 1.29 is 13.2 Å². The number of benzene rings is 1. The van der Waals surface area contributed by atoms with Gasteiger partial charge in [-0.25, -0.2) is 8.42 Å². The molecular weight excluding hydrogens is 471 g/mol. The van der Waals surface area contributed by atoms with Gasteiger partial charge in [-0.1, -0.05) is 35.3 Å². The number of hydrogen-bond donors (Lipinski definition) is 1. The first kappa shape index (κ1) is 22.9. The van der Waals surface area contributed by atoms with E-state index < -0.39 is 10.0 Å². The van der Waals surface area contributed by atoms with Crippen LogP contribution in [0.4, 0.5) is 0 Å². The zero-order valence-corrected chi connectivity index (χ0v) is 19.6. The molecule has 1 saturated heterocycles. The molecule has 2 aromatic rings. The summed E-state index contributed by atoms with van der Waals surface area (Å²) in [6.07, 6.45) is 1.38. The fraction of sp³-hybridized carbons (Fsp3) is 0.421. The van der Waals surface area contributed by atoms with Crippen molar-refractivity contribution in [2.24, 2.45) is 5.92 Å². The van der Waals surface area contributed by atoms with Crippen LogP contribution in [0, 0.1) is 5.92 Å². The highest BCUT2D eigenvalue weighted by molar-refractivity contribution is 7.98. The van der Waals surface area contributed by atoms with Crippen LogP contribution in [0.3, 0.4) is 0 Å². The number of carbonyl (C=O) groups excluding carboxylic acids is 1. The second kappa shape index (κ2) is 10.5. The molecule has 0 unspecified atom stereocenters. The van der Waals surface area contributed by atoms with Crippen molar-refractivity contribution >= 4 is 62.2 Å². The number of amides is 1. The molecule has 0 bridgehead atoms. The third kappa shape index (κ3) is 5.89. The first-order chi connectivity index (χ1) is 13.9. The molecule has 3 rings (SSSR count). The van der Waals surface area contributed by atoms with Crippen LogP contribution in [0.15, 0.2) is 39.9 Å². The van der Waals surface area contributed by atoms with Gasteiger partial charge in [0, 0.05) is 41.2 Å². The molecule has 0 radical (unpaired) electrons. The summed E-state index contributed by atoms with van der Waals surface area (Å²) in [5.41, 5.74) is 0.897. The van der Waals surface area contributed by atoms with Gasteiger partial charge in [-0.2, -0.15) is 16.1 Å². The molecule has 29 heavy (non-hydrogen) atoms. The summed E-state index contributed by atoms with van der Waals surface area (Å²) in [5, 5.41) is 5.96. The van der Waals surface area contributed by atoms with E-state index in [0.717, 1.165) is 11.3 Å². The predicted molar refractivity (Wildman–Crippen MR) is 121 cm³/mol. The first-order valence-electron chi connectivity index (χ1n) is 9.21. The fourth-order valence-electron chi connectivity index (χ4n) is 3.15. The summed E-state index contributed by atoms with van der Waals surface area (Å²) in [7, 11) is -3.51. The van der Waals surface area contributed by atoms with E-state index in [9.17, 15) is 13.2 Å². The number of halogens is 2. The van der Waals surface area contributed by atoms with E-state index in [0.29, 0.717) is 45.9 Å². The molecule has 1 aromatic heterocycles. The van der Waals surface area contributed by atoms with E-state index in [4.69, 9.17) is 23.2 Å². The number of carbonyl (C=O) groups is 1. The summed E-state index contributed by atoms with van der Waals surface area (Å²) < 4.78 is 27.1. The molecule has 1 N–H and O–H groups in total. The quantitative estimate of drug-likeness (QED) is 0.550. The summed E-state index contributed by atoms with van der Waals surface area (Å²) in [6.45, 7) is 1.20. The number of thiophene rings is 1.